The van der Waals surface area contributed by atoms with Gasteiger partial charge in [0.15, 0.2) is 11.6 Å². The quantitative estimate of drug-likeness (QED) is 0.163. The van der Waals surface area contributed by atoms with E-state index in [0.29, 0.717) is 47.3 Å². The van der Waals surface area contributed by atoms with Crippen molar-refractivity contribution in [3.8, 4) is 22.5 Å². The molecule has 4 aromatic heterocycles. The third-order valence-electron chi connectivity index (χ3n) is 11.1. The van der Waals surface area contributed by atoms with E-state index in [2.05, 4.69) is 40.4 Å². The Bertz CT molecular complexity index is 2850. The number of nitrogens with zero attached hydrogens (tertiary/aromatic N) is 9. The van der Waals surface area contributed by atoms with E-state index in [9.17, 15) is 40.7 Å². The number of aryl methyl sites for hydroxylation is 2. The van der Waals surface area contributed by atoms with E-state index in [1.807, 2.05) is 6.07 Å². The molecular formula is C43H40F6N12O3. The molecule has 0 spiro atoms. The number of fused-ring (bicyclic) bond motifs is 8. The molecule has 4 aliphatic heterocycles. The van der Waals surface area contributed by atoms with Crippen molar-refractivity contribution in [1.82, 2.24) is 29.1 Å². The molecule has 4 aliphatic rings. The summed E-state index contributed by atoms with van der Waals surface area (Å²) < 4.78 is 80.7. The molecule has 0 aliphatic carbocycles. The number of anilines is 6. The minimum atomic E-state index is -4.47. The molecule has 10 rings (SSSR count). The van der Waals surface area contributed by atoms with Crippen molar-refractivity contribution in [2.45, 2.75) is 37.3 Å². The predicted molar refractivity (Wildman–Crippen MR) is 229 cm³/mol. The fourth-order valence-corrected chi connectivity index (χ4v) is 7.78. The maximum Gasteiger partial charge on any atom is 0.416 e. The first-order valence-electron chi connectivity index (χ1n) is 20.0. The van der Waals surface area contributed by atoms with Gasteiger partial charge in [0.25, 0.3) is 11.1 Å². The number of benzene rings is 2. The lowest BCUT2D eigenvalue weighted by atomic mass is 10.1. The second kappa shape index (κ2) is 17.0. The minimum absolute atomic E-state index is 0.110. The van der Waals surface area contributed by atoms with Crippen LogP contribution in [0.4, 0.5) is 65.8 Å². The molecule has 0 unspecified atom stereocenters. The lowest BCUT2D eigenvalue weighted by Gasteiger charge is -2.35. The Kier molecular flexibility index (Phi) is 11.5. The van der Waals surface area contributed by atoms with Gasteiger partial charge in [0.2, 0.25) is 0 Å². The van der Waals surface area contributed by atoms with E-state index >= 15 is 0 Å². The highest BCUT2D eigenvalue weighted by Gasteiger charge is 2.41. The smallest absolute Gasteiger partial charge is 0.383 e. The summed E-state index contributed by atoms with van der Waals surface area (Å²) in [5.41, 5.74) is 6.74. The summed E-state index contributed by atoms with van der Waals surface area (Å²) in [6.07, 6.45) is -4.34. The Morgan fingerprint density at radius 2 is 1.30 bits per heavy atom. The topological polar surface area (TPSA) is 172 Å². The van der Waals surface area contributed by atoms with E-state index in [-0.39, 0.29) is 28.8 Å². The first-order chi connectivity index (χ1) is 30.4. The van der Waals surface area contributed by atoms with E-state index in [0.717, 1.165) is 67.5 Å². The zero-order valence-corrected chi connectivity index (χ0v) is 34.2. The average molecular weight is 887 g/mol. The summed E-state index contributed by atoms with van der Waals surface area (Å²) in [5, 5.41) is 6.02. The molecule has 2 amide bonds. The second-order valence-electron chi connectivity index (χ2n) is 15.5. The van der Waals surface area contributed by atoms with Gasteiger partial charge in [0, 0.05) is 69.6 Å². The largest absolute Gasteiger partial charge is 0.416 e. The van der Waals surface area contributed by atoms with Crippen molar-refractivity contribution in [2.24, 2.45) is 14.1 Å². The molecule has 2 aromatic carbocycles. The molecule has 4 N–H and O–H groups in total. The van der Waals surface area contributed by atoms with Gasteiger partial charge in [0.05, 0.1) is 52.6 Å². The van der Waals surface area contributed by atoms with Crippen molar-refractivity contribution >= 4 is 40.7 Å². The number of amides is 2. The van der Waals surface area contributed by atoms with Gasteiger partial charge in [-0.2, -0.15) is 26.3 Å². The van der Waals surface area contributed by atoms with Gasteiger partial charge < -0.3 is 30.0 Å². The molecule has 21 heteroatoms. The predicted octanol–water partition coefficient (Wildman–Crippen LogP) is 6.63. The fraction of sp³-hybridized carbons (Fsp3) is 0.279. The molecule has 15 nitrogen and oxygen atoms in total. The van der Waals surface area contributed by atoms with Crippen LogP contribution in [0.2, 0.25) is 0 Å². The normalized spacial score (nSPS) is 17.0. The van der Waals surface area contributed by atoms with Gasteiger partial charge >= 0.3 is 18.4 Å². The van der Waals surface area contributed by atoms with Crippen LogP contribution in [0.1, 0.15) is 24.0 Å². The number of hydrogen-bond acceptors (Lipinski definition) is 11. The number of carbonyl (C=O) groups excluding carboxylic acids is 1. The average Bonchev–Trinajstić information content (AvgIpc) is 3.87. The number of aromatic nitrogens is 6. The second-order valence-corrected chi connectivity index (χ2v) is 15.5. The van der Waals surface area contributed by atoms with E-state index in [1.165, 1.54) is 51.0 Å². The number of urea groups is 1. The molecule has 4 bridgehead atoms. The molecule has 2 fully saturated rings. The Labute approximate surface area is 360 Å². The third kappa shape index (κ3) is 9.18. The number of carbonyl (C=O) groups is 1. The number of nitrogen functional groups attached to an aromatic ring is 1. The minimum Gasteiger partial charge on any atom is -0.383 e. The molecular weight excluding hydrogens is 847 g/mol. The molecule has 6 aromatic rings. The van der Waals surface area contributed by atoms with Crippen LogP contribution < -0.4 is 42.2 Å². The van der Waals surface area contributed by atoms with Crippen LogP contribution >= 0.6 is 0 Å². The van der Waals surface area contributed by atoms with Crippen LogP contribution in [0.25, 0.3) is 22.5 Å². The van der Waals surface area contributed by atoms with Gasteiger partial charge in [-0.15, -0.1) is 0 Å². The SMILES string of the molecule is Cn1cnc(N)cc1=O.Cn1cnc(NC(=O)N2c3nc(-c4cccc(C(F)(F)F)c4)ccc3N3CC[C@H]2C3)cc1=O.FC(F)(F)c1cccc(-c2ccc3c(n2)N[C@H]2CCN3C2)c1. The third-order valence-corrected chi connectivity index (χ3v) is 11.1. The van der Waals surface area contributed by atoms with Gasteiger partial charge in [-0.1, -0.05) is 24.3 Å². The number of hydrogen-bond donors (Lipinski definition) is 3. The van der Waals surface area contributed by atoms with Crippen LogP contribution in [0.3, 0.4) is 0 Å². The number of pyridine rings is 2. The Morgan fingerprint density at radius 1 is 0.719 bits per heavy atom. The van der Waals surface area contributed by atoms with Gasteiger partial charge in [-0.25, -0.2) is 24.7 Å². The van der Waals surface area contributed by atoms with Crippen LogP contribution in [0, 0.1) is 0 Å². The lowest BCUT2D eigenvalue weighted by Crippen LogP contribution is -2.48. The van der Waals surface area contributed by atoms with Crippen LogP contribution in [0.15, 0.2) is 107 Å². The summed E-state index contributed by atoms with van der Waals surface area (Å²) in [6.45, 7) is 3.32. The number of nitrogens with one attached hydrogen (secondary N) is 2. The summed E-state index contributed by atoms with van der Waals surface area (Å²) >= 11 is 0. The molecule has 2 atom stereocenters. The molecule has 2 saturated heterocycles. The molecule has 8 heterocycles. The van der Waals surface area contributed by atoms with Crippen LogP contribution in [-0.4, -0.2) is 73.4 Å². The first-order valence-corrected chi connectivity index (χ1v) is 20.0. The summed E-state index contributed by atoms with van der Waals surface area (Å²) in [6, 6.07) is 19.6. The number of alkyl halides is 6. The summed E-state index contributed by atoms with van der Waals surface area (Å²) in [5.74, 6) is 1.50. The van der Waals surface area contributed by atoms with E-state index in [1.54, 1.807) is 44.4 Å². The number of rotatable bonds is 3. The standard InChI is InChI=1S/C22H19F3N6O2.C16H14F3N3.C5H7N3O/c1-29-12-26-18(10-19(29)32)28-21(33)31-15-7-8-30(11-15)17-6-5-16(27-20(17)31)13-3-2-4-14(9-13)22(23,24)25;17-16(18,19)11-3-1-2-10(8-11)13-4-5-14-15(21-13)20-12-6-7-22(14)9-12;1-8-3-7-4(6)2-5(8)9/h2-6,9-10,12,15H,7-8,11H2,1H3,(H,28,33);1-5,8,12H,6-7,9H2,(H,20,21);2-3H,6H2,1H3/t15-;12-;/m00./s1. The van der Waals surface area contributed by atoms with Crippen molar-refractivity contribution in [2.75, 3.05) is 57.2 Å². The molecule has 332 valence electrons. The Morgan fingerprint density at radius 3 is 1.91 bits per heavy atom. The Balaban J connectivity index is 0.000000154. The zero-order valence-electron chi connectivity index (χ0n) is 34.2. The highest BCUT2D eigenvalue weighted by molar-refractivity contribution is 6.04. The van der Waals surface area contributed by atoms with E-state index in [4.69, 9.17) is 5.73 Å². The summed E-state index contributed by atoms with van der Waals surface area (Å²) in [7, 11) is 3.17. The Hall–Kier alpha value is -7.45. The van der Waals surface area contributed by atoms with Gasteiger partial charge in [0.1, 0.15) is 11.6 Å². The maximum atomic E-state index is 13.2. The first kappa shape index (κ1) is 43.2. The van der Waals surface area contributed by atoms with E-state index < -0.39 is 29.5 Å². The van der Waals surface area contributed by atoms with Crippen molar-refractivity contribution in [3.63, 3.8) is 0 Å². The summed E-state index contributed by atoms with van der Waals surface area (Å²) in [4.78, 5) is 58.5. The molecule has 0 radical (unpaired) electrons. The zero-order chi connectivity index (χ0) is 45.5. The molecule has 64 heavy (non-hydrogen) atoms. The van der Waals surface area contributed by atoms with Crippen molar-refractivity contribution < 1.29 is 31.1 Å². The van der Waals surface area contributed by atoms with Crippen LogP contribution in [0.5, 0.6) is 0 Å². The molecule has 0 saturated carbocycles. The van der Waals surface area contributed by atoms with Crippen molar-refractivity contribution in [1.29, 1.82) is 0 Å². The maximum absolute atomic E-state index is 13.2. The van der Waals surface area contributed by atoms with Crippen molar-refractivity contribution in [3.05, 3.63) is 129 Å². The lowest BCUT2D eigenvalue weighted by molar-refractivity contribution is -0.138. The van der Waals surface area contributed by atoms with Gasteiger partial charge in [-0.05, 0) is 61.4 Å². The number of nitrogens with two attached hydrogens (primary N) is 1. The fourth-order valence-electron chi connectivity index (χ4n) is 7.78. The highest BCUT2D eigenvalue weighted by Crippen LogP contribution is 2.41. The van der Waals surface area contributed by atoms with Gasteiger partial charge in [-0.3, -0.25) is 19.8 Å². The monoisotopic (exact) mass is 886 g/mol. The van der Waals surface area contributed by atoms with Crippen LogP contribution in [-0.2, 0) is 26.4 Å². The number of halogens is 6. The highest BCUT2D eigenvalue weighted by atomic mass is 19.4.